The normalized spacial score (nSPS) is 15.0. The predicted molar refractivity (Wildman–Crippen MR) is 94.9 cm³/mol. The zero-order chi connectivity index (χ0) is 17.4. The predicted octanol–water partition coefficient (Wildman–Crippen LogP) is 3.29. The Bertz CT molecular complexity index is 917. The van der Waals surface area contributed by atoms with Crippen LogP contribution in [0.15, 0.2) is 48.8 Å². The van der Waals surface area contributed by atoms with E-state index in [1.807, 2.05) is 49.4 Å². The maximum atomic E-state index is 12.8. The number of aryl methyl sites for hydroxylation is 1. The summed E-state index contributed by atoms with van der Waals surface area (Å²) >= 11 is 5.95. The monoisotopic (exact) mass is 353 g/mol. The third-order valence-corrected chi connectivity index (χ3v) is 4.88. The summed E-state index contributed by atoms with van der Waals surface area (Å²) in [7, 11) is 0. The molecular formula is C18H16ClN5O. The first-order valence-electron chi connectivity index (χ1n) is 8.00. The first kappa shape index (κ1) is 15.8. The number of rotatable bonds is 4. The van der Waals surface area contributed by atoms with Crippen molar-refractivity contribution in [2.75, 3.05) is 5.32 Å². The third-order valence-electron chi connectivity index (χ3n) is 4.63. The van der Waals surface area contributed by atoms with Gasteiger partial charge in [0.05, 0.1) is 11.1 Å². The molecule has 1 heterocycles. The number of carbonyl (C=O) groups is 1. The SMILES string of the molecule is Cc1cc(NC(=O)C2(c3ccc(Cl)cc3)CC2)ccc1-n1cnnn1. The van der Waals surface area contributed by atoms with Gasteiger partial charge in [-0.1, -0.05) is 23.7 Å². The average molecular weight is 354 g/mol. The molecule has 0 saturated heterocycles. The molecule has 0 atom stereocenters. The second-order valence-corrected chi connectivity index (χ2v) is 6.74. The lowest BCUT2D eigenvalue weighted by molar-refractivity contribution is -0.118. The number of aromatic nitrogens is 4. The number of nitrogens with zero attached hydrogens (tertiary/aromatic N) is 4. The first-order chi connectivity index (χ1) is 12.1. The second-order valence-electron chi connectivity index (χ2n) is 6.30. The van der Waals surface area contributed by atoms with Crippen LogP contribution in [-0.2, 0) is 10.2 Å². The molecule has 7 heteroatoms. The van der Waals surface area contributed by atoms with Crippen LogP contribution in [0.25, 0.3) is 5.69 Å². The van der Waals surface area contributed by atoms with Gasteiger partial charge in [0, 0.05) is 10.7 Å². The number of nitrogens with one attached hydrogen (secondary N) is 1. The molecule has 1 fully saturated rings. The smallest absolute Gasteiger partial charge is 0.235 e. The fraction of sp³-hybridized carbons (Fsp3) is 0.222. The summed E-state index contributed by atoms with van der Waals surface area (Å²) in [5.41, 5.74) is 3.19. The van der Waals surface area contributed by atoms with E-state index in [4.69, 9.17) is 11.6 Å². The molecule has 6 nitrogen and oxygen atoms in total. The highest BCUT2D eigenvalue weighted by Crippen LogP contribution is 2.49. The minimum absolute atomic E-state index is 0.0180. The maximum Gasteiger partial charge on any atom is 0.235 e. The van der Waals surface area contributed by atoms with E-state index in [-0.39, 0.29) is 5.91 Å². The van der Waals surface area contributed by atoms with Crippen LogP contribution in [0, 0.1) is 6.92 Å². The molecule has 0 aliphatic heterocycles. The summed E-state index contributed by atoms with van der Waals surface area (Å²) < 4.78 is 1.59. The standard InChI is InChI=1S/C18H16ClN5O/c1-12-10-15(6-7-16(12)24-11-20-22-23-24)21-17(25)18(8-9-18)13-2-4-14(19)5-3-13/h2-7,10-11H,8-9H2,1H3,(H,21,25). The molecule has 1 saturated carbocycles. The van der Waals surface area contributed by atoms with Crippen LogP contribution < -0.4 is 5.32 Å². The average Bonchev–Trinajstić information content (AvgIpc) is 3.24. The Morgan fingerprint density at radius 2 is 1.96 bits per heavy atom. The Kier molecular flexibility index (Phi) is 3.77. The third kappa shape index (κ3) is 2.89. The van der Waals surface area contributed by atoms with E-state index in [1.54, 1.807) is 11.0 Å². The molecule has 1 aliphatic carbocycles. The Morgan fingerprint density at radius 1 is 1.20 bits per heavy atom. The summed E-state index contributed by atoms with van der Waals surface area (Å²) in [4.78, 5) is 12.8. The highest BCUT2D eigenvalue weighted by molar-refractivity contribution is 6.30. The number of anilines is 1. The number of halogens is 1. The molecule has 0 spiro atoms. The highest BCUT2D eigenvalue weighted by atomic mass is 35.5. The van der Waals surface area contributed by atoms with Gasteiger partial charge >= 0.3 is 0 Å². The molecule has 1 aromatic heterocycles. The van der Waals surface area contributed by atoms with Gasteiger partial charge in [0.1, 0.15) is 6.33 Å². The van der Waals surface area contributed by atoms with Gasteiger partial charge in [0.2, 0.25) is 5.91 Å². The van der Waals surface area contributed by atoms with E-state index in [0.29, 0.717) is 5.02 Å². The van der Waals surface area contributed by atoms with Gasteiger partial charge in [-0.15, -0.1) is 5.10 Å². The van der Waals surface area contributed by atoms with Gasteiger partial charge < -0.3 is 5.32 Å². The van der Waals surface area contributed by atoms with Gasteiger partial charge in [-0.3, -0.25) is 4.79 Å². The lowest BCUT2D eigenvalue weighted by Crippen LogP contribution is -2.27. The number of carbonyl (C=O) groups excluding carboxylic acids is 1. The minimum Gasteiger partial charge on any atom is -0.325 e. The van der Waals surface area contributed by atoms with Crippen molar-refractivity contribution in [2.24, 2.45) is 0 Å². The number of hydrogen-bond acceptors (Lipinski definition) is 4. The van der Waals surface area contributed by atoms with E-state index >= 15 is 0 Å². The second kappa shape index (κ2) is 5.97. The molecule has 1 N–H and O–H groups in total. The van der Waals surface area contributed by atoms with E-state index in [2.05, 4.69) is 20.8 Å². The van der Waals surface area contributed by atoms with Gasteiger partial charge in [0.25, 0.3) is 0 Å². The first-order valence-corrected chi connectivity index (χ1v) is 8.38. The fourth-order valence-corrected chi connectivity index (χ4v) is 3.18. The Balaban J connectivity index is 1.55. The van der Waals surface area contributed by atoms with Crippen molar-refractivity contribution in [3.8, 4) is 5.69 Å². The quantitative estimate of drug-likeness (QED) is 0.781. The van der Waals surface area contributed by atoms with Crippen LogP contribution in [-0.4, -0.2) is 26.1 Å². The van der Waals surface area contributed by atoms with Crippen molar-refractivity contribution in [3.05, 3.63) is 64.9 Å². The van der Waals surface area contributed by atoms with Crippen LogP contribution in [0.2, 0.25) is 5.02 Å². The van der Waals surface area contributed by atoms with Crippen molar-refractivity contribution in [1.82, 2.24) is 20.2 Å². The van der Waals surface area contributed by atoms with E-state index in [1.165, 1.54) is 0 Å². The molecule has 0 unspecified atom stereocenters. The summed E-state index contributed by atoms with van der Waals surface area (Å²) in [5.74, 6) is 0.0180. The molecule has 4 rings (SSSR count). The van der Waals surface area contributed by atoms with E-state index in [9.17, 15) is 4.79 Å². The lowest BCUT2D eigenvalue weighted by atomic mass is 9.95. The van der Waals surface area contributed by atoms with Gasteiger partial charge in [0.15, 0.2) is 0 Å². The summed E-state index contributed by atoms with van der Waals surface area (Å²) in [6.07, 6.45) is 3.24. The minimum atomic E-state index is -0.438. The van der Waals surface area contributed by atoms with Gasteiger partial charge in [-0.05, 0) is 71.7 Å². The van der Waals surface area contributed by atoms with Crippen LogP contribution in [0.5, 0.6) is 0 Å². The molecule has 0 radical (unpaired) electrons. The van der Waals surface area contributed by atoms with E-state index in [0.717, 1.165) is 35.3 Å². The molecule has 126 valence electrons. The van der Waals surface area contributed by atoms with E-state index < -0.39 is 5.41 Å². The van der Waals surface area contributed by atoms with Crippen molar-refractivity contribution >= 4 is 23.2 Å². The summed E-state index contributed by atoms with van der Waals surface area (Å²) in [6, 6.07) is 13.2. The number of benzene rings is 2. The Labute approximate surface area is 149 Å². The van der Waals surface area contributed by atoms with Crippen LogP contribution in [0.1, 0.15) is 24.0 Å². The molecule has 1 aliphatic rings. The Hall–Kier alpha value is -2.73. The highest BCUT2D eigenvalue weighted by Gasteiger charge is 2.51. The van der Waals surface area contributed by atoms with Crippen molar-refractivity contribution in [3.63, 3.8) is 0 Å². The maximum absolute atomic E-state index is 12.8. The molecule has 25 heavy (non-hydrogen) atoms. The van der Waals surface area contributed by atoms with Crippen LogP contribution in [0.4, 0.5) is 5.69 Å². The zero-order valence-corrected chi connectivity index (χ0v) is 14.4. The largest absolute Gasteiger partial charge is 0.325 e. The summed E-state index contributed by atoms with van der Waals surface area (Å²) in [6.45, 7) is 1.96. The summed E-state index contributed by atoms with van der Waals surface area (Å²) in [5, 5.41) is 14.9. The molecule has 3 aromatic rings. The van der Waals surface area contributed by atoms with Crippen LogP contribution in [0.3, 0.4) is 0 Å². The molecular weight excluding hydrogens is 338 g/mol. The fourth-order valence-electron chi connectivity index (χ4n) is 3.05. The molecule has 1 amide bonds. The number of hydrogen-bond donors (Lipinski definition) is 1. The molecule has 0 bridgehead atoms. The van der Waals surface area contributed by atoms with Crippen molar-refractivity contribution < 1.29 is 4.79 Å². The van der Waals surface area contributed by atoms with Gasteiger partial charge in [-0.25, -0.2) is 4.68 Å². The van der Waals surface area contributed by atoms with Crippen LogP contribution >= 0.6 is 11.6 Å². The topological polar surface area (TPSA) is 72.7 Å². The number of tetrazole rings is 1. The zero-order valence-electron chi connectivity index (χ0n) is 13.6. The molecule has 2 aromatic carbocycles. The Morgan fingerprint density at radius 3 is 2.56 bits per heavy atom. The number of amides is 1. The lowest BCUT2D eigenvalue weighted by Gasteiger charge is -2.16. The van der Waals surface area contributed by atoms with Crippen molar-refractivity contribution in [2.45, 2.75) is 25.2 Å². The van der Waals surface area contributed by atoms with Gasteiger partial charge in [-0.2, -0.15) is 0 Å². The van der Waals surface area contributed by atoms with Crippen molar-refractivity contribution in [1.29, 1.82) is 0 Å².